The predicted octanol–water partition coefficient (Wildman–Crippen LogP) is 2.95. The fourth-order valence-corrected chi connectivity index (χ4v) is 2.51. The highest BCUT2D eigenvalue weighted by Crippen LogP contribution is 2.39. The molecule has 0 spiro atoms. The molecular formula is C15H21N3O3. The Kier molecular flexibility index (Phi) is 4.16. The number of anilines is 1. The Balaban J connectivity index is 2.31. The number of rotatable bonds is 6. The van der Waals surface area contributed by atoms with E-state index >= 15 is 0 Å². The molecule has 0 saturated heterocycles. The first kappa shape index (κ1) is 15.3. The van der Waals surface area contributed by atoms with E-state index in [1.165, 1.54) is 12.1 Å². The van der Waals surface area contributed by atoms with Crippen LogP contribution in [0.4, 0.5) is 11.4 Å². The summed E-state index contributed by atoms with van der Waals surface area (Å²) in [6.07, 6.45) is 2.23. The molecule has 2 rings (SSSR count). The topological polar surface area (TPSA) is 84.3 Å². The summed E-state index contributed by atoms with van der Waals surface area (Å²) in [5, 5.41) is 17.0. The summed E-state index contributed by atoms with van der Waals surface area (Å²) < 4.78 is 0. The minimum absolute atomic E-state index is 0.0753. The van der Waals surface area contributed by atoms with Crippen molar-refractivity contribution in [1.29, 1.82) is 0 Å². The molecule has 1 amide bonds. The van der Waals surface area contributed by atoms with Crippen molar-refractivity contribution >= 4 is 17.3 Å². The van der Waals surface area contributed by atoms with Crippen molar-refractivity contribution in [2.75, 3.05) is 11.9 Å². The van der Waals surface area contributed by atoms with Gasteiger partial charge in [0.15, 0.2) is 0 Å². The molecule has 1 saturated carbocycles. The molecule has 2 N–H and O–H groups in total. The number of hydrogen-bond acceptors (Lipinski definition) is 4. The Morgan fingerprint density at radius 2 is 2.10 bits per heavy atom. The monoisotopic (exact) mass is 291 g/mol. The number of amides is 1. The molecule has 0 atom stereocenters. The van der Waals surface area contributed by atoms with Crippen molar-refractivity contribution in [2.45, 2.75) is 39.2 Å². The summed E-state index contributed by atoms with van der Waals surface area (Å²) in [7, 11) is 0. The zero-order valence-electron chi connectivity index (χ0n) is 12.6. The number of hydrogen-bond donors (Lipinski definition) is 2. The number of nitrogens with one attached hydrogen (secondary N) is 2. The number of nitro benzene ring substituents is 1. The first-order valence-corrected chi connectivity index (χ1v) is 7.20. The lowest BCUT2D eigenvalue weighted by atomic mass is 9.97. The SMILES string of the molecule is CCNc1c(C(=O)NC(C)(C)C2CC2)cccc1[N+](=O)[O-]. The van der Waals surface area contributed by atoms with Crippen LogP contribution in [0.25, 0.3) is 0 Å². The van der Waals surface area contributed by atoms with Crippen molar-refractivity contribution in [3.8, 4) is 0 Å². The molecule has 6 heteroatoms. The van der Waals surface area contributed by atoms with Gasteiger partial charge in [0, 0.05) is 18.2 Å². The molecule has 1 aromatic rings. The summed E-state index contributed by atoms with van der Waals surface area (Å²) in [5.74, 6) is 0.217. The number of carbonyl (C=O) groups is 1. The Morgan fingerprint density at radius 1 is 1.43 bits per heavy atom. The second-order valence-electron chi connectivity index (χ2n) is 5.94. The average molecular weight is 291 g/mol. The first-order valence-electron chi connectivity index (χ1n) is 7.20. The molecule has 1 fully saturated rings. The third-order valence-corrected chi connectivity index (χ3v) is 3.87. The van der Waals surface area contributed by atoms with Crippen LogP contribution < -0.4 is 10.6 Å². The molecule has 0 unspecified atom stereocenters. The maximum absolute atomic E-state index is 12.5. The lowest BCUT2D eigenvalue weighted by Gasteiger charge is -2.26. The van der Waals surface area contributed by atoms with E-state index in [4.69, 9.17) is 0 Å². The van der Waals surface area contributed by atoms with Gasteiger partial charge >= 0.3 is 0 Å². The first-order chi connectivity index (χ1) is 9.86. The lowest BCUT2D eigenvalue weighted by Crippen LogP contribution is -2.45. The summed E-state index contributed by atoms with van der Waals surface area (Å²) in [4.78, 5) is 23.1. The van der Waals surface area contributed by atoms with Crippen LogP contribution in [0.5, 0.6) is 0 Å². The van der Waals surface area contributed by atoms with Crippen LogP contribution in [0, 0.1) is 16.0 Å². The van der Waals surface area contributed by atoms with Gasteiger partial charge in [0.1, 0.15) is 5.69 Å². The van der Waals surface area contributed by atoms with E-state index in [1.54, 1.807) is 6.07 Å². The molecule has 114 valence electrons. The molecule has 1 aliphatic carbocycles. The Labute approximate surface area is 124 Å². The molecule has 0 aromatic heterocycles. The molecule has 21 heavy (non-hydrogen) atoms. The maximum atomic E-state index is 12.5. The van der Waals surface area contributed by atoms with E-state index in [9.17, 15) is 14.9 Å². The van der Waals surface area contributed by atoms with Gasteiger partial charge < -0.3 is 10.6 Å². The fourth-order valence-electron chi connectivity index (χ4n) is 2.51. The van der Waals surface area contributed by atoms with Gasteiger partial charge in [-0.25, -0.2) is 0 Å². The van der Waals surface area contributed by atoms with E-state index in [1.807, 2.05) is 20.8 Å². The van der Waals surface area contributed by atoms with Crippen LogP contribution in [0.1, 0.15) is 44.0 Å². The van der Waals surface area contributed by atoms with E-state index < -0.39 is 4.92 Å². The summed E-state index contributed by atoms with van der Waals surface area (Å²) >= 11 is 0. The van der Waals surface area contributed by atoms with Crippen molar-refractivity contribution in [2.24, 2.45) is 5.92 Å². The van der Waals surface area contributed by atoms with Crippen molar-refractivity contribution in [3.63, 3.8) is 0 Å². The van der Waals surface area contributed by atoms with Gasteiger partial charge in [-0.3, -0.25) is 14.9 Å². The summed E-state index contributed by atoms with van der Waals surface area (Å²) in [6, 6.07) is 4.56. The van der Waals surface area contributed by atoms with E-state index in [2.05, 4.69) is 10.6 Å². The van der Waals surface area contributed by atoms with Crippen molar-refractivity contribution in [1.82, 2.24) is 5.32 Å². The number of nitrogens with zero attached hydrogens (tertiary/aromatic N) is 1. The quantitative estimate of drug-likeness (QED) is 0.623. The Hall–Kier alpha value is -2.11. The van der Waals surface area contributed by atoms with Crippen LogP contribution in [0.2, 0.25) is 0 Å². The molecule has 0 radical (unpaired) electrons. The van der Waals surface area contributed by atoms with Crippen LogP contribution >= 0.6 is 0 Å². The van der Waals surface area contributed by atoms with Crippen LogP contribution in [0.3, 0.4) is 0 Å². The van der Waals surface area contributed by atoms with Gasteiger partial charge in [0.05, 0.1) is 10.5 Å². The molecule has 0 aliphatic heterocycles. The zero-order valence-corrected chi connectivity index (χ0v) is 12.6. The Bertz CT molecular complexity index is 565. The smallest absolute Gasteiger partial charge is 0.293 e. The highest BCUT2D eigenvalue weighted by molar-refractivity contribution is 6.02. The van der Waals surface area contributed by atoms with Gasteiger partial charge in [-0.1, -0.05) is 6.07 Å². The number of benzene rings is 1. The fraction of sp³-hybridized carbons (Fsp3) is 0.533. The highest BCUT2D eigenvalue weighted by atomic mass is 16.6. The van der Waals surface area contributed by atoms with Crippen molar-refractivity contribution < 1.29 is 9.72 Å². The Morgan fingerprint density at radius 3 is 2.62 bits per heavy atom. The van der Waals surface area contributed by atoms with Gasteiger partial charge in [-0.2, -0.15) is 0 Å². The summed E-state index contributed by atoms with van der Waals surface area (Å²) in [5.41, 5.74) is 0.244. The zero-order chi connectivity index (χ0) is 15.6. The molecule has 6 nitrogen and oxygen atoms in total. The van der Waals surface area contributed by atoms with E-state index in [0.717, 1.165) is 12.8 Å². The normalized spacial score (nSPS) is 14.6. The number of para-hydroxylation sites is 1. The predicted molar refractivity (Wildman–Crippen MR) is 81.5 cm³/mol. The largest absolute Gasteiger partial charge is 0.379 e. The highest BCUT2D eigenvalue weighted by Gasteiger charge is 2.39. The van der Waals surface area contributed by atoms with Gasteiger partial charge in [0.25, 0.3) is 11.6 Å². The third-order valence-electron chi connectivity index (χ3n) is 3.87. The summed E-state index contributed by atoms with van der Waals surface area (Å²) in [6.45, 7) is 6.34. The molecule has 1 aromatic carbocycles. The number of carbonyl (C=O) groups excluding carboxylic acids is 1. The molecular weight excluding hydrogens is 270 g/mol. The molecule has 0 bridgehead atoms. The van der Waals surface area contributed by atoms with Gasteiger partial charge in [-0.05, 0) is 45.6 Å². The molecule has 0 heterocycles. The van der Waals surface area contributed by atoms with Crippen LogP contribution in [-0.4, -0.2) is 22.9 Å². The van der Waals surface area contributed by atoms with Gasteiger partial charge in [0.2, 0.25) is 0 Å². The standard InChI is InChI=1S/C15H21N3O3/c1-4-16-13-11(6-5-7-12(13)18(20)21)14(19)17-15(2,3)10-8-9-10/h5-7,10,16H,4,8-9H2,1-3H3,(H,17,19). The molecule has 1 aliphatic rings. The maximum Gasteiger partial charge on any atom is 0.293 e. The van der Waals surface area contributed by atoms with Crippen LogP contribution in [-0.2, 0) is 0 Å². The van der Waals surface area contributed by atoms with Crippen LogP contribution in [0.15, 0.2) is 18.2 Å². The van der Waals surface area contributed by atoms with Gasteiger partial charge in [-0.15, -0.1) is 0 Å². The minimum atomic E-state index is -0.471. The van der Waals surface area contributed by atoms with E-state index in [-0.39, 0.29) is 22.8 Å². The van der Waals surface area contributed by atoms with E-state index in [0.29, 0.717) is 18.0 Å². The second-order valence-corrected chi connectivity index (χ2v) is 5.94. The second kappa shape index (κ2) is 5.71. The average Bonchev–Trinajstić information content (AvgIpc) is 3.23. The van der Waals surface area contributed by atoms with Crippen molar-refractivity contribution in [3.05, 3.63) is 33.9 Å². The number of nitro groups is 1. The lowest BCUT2D eigenvalue weighted by molar-refractivity contribution is -0.384. The third kappa shape index (κ3) is 3.32. The minimum Gasteiger partial charge on any atom is -0.379 e.